The SMILES string of the molecule is CC(C)(C)NC(=O)COc1ccc2ccccc2c1CNC1CCCC1.Cl. The number of carbonyl (C=O) groups excluding carboxylic acids is 1. The van der Waals surface area contributed by atoms with Crippen LogP contribution in [0.2, 0.25) is 0 Å². The molecule has 0 heterocycles. The minimum Gasteiger partial charge on any atom is -0.483 e. The van der Waals surface area contributed by atoms with Crippen molar-refractivity contribution in [2.45, 2.75) is 64.6 Å². The van der Waals surface area contributed by atoms with Crippen LogP contribution in [0.5, 0.6) is 5.75 Å². The van der Waals surface area contributed by atoms with E-state index in [2.05, 4.69) is 34.9 Å². The van der Waals surface area contributed by atoms with Gasteiger partial charge in [-0.1, -0.05) is 43.2 Å². The maximum Gasteiger partial charge on any atom is 0.258 e. The van der Waals surface area contributed by atoms with E-state index in [1.165, 1.54) is 36.5 Å². The van der Waals surface area contributed by atoms with E-state index in [0.29, 0.717) is 6.04 Å². The highest BCUT2D eigenvalue weighted by molar-refractivity contribution is 5.88. The first kappa shape index (κ1) is 21.5. The highest BCUT2D eigenvalue weighted by Crippen LogP contribution is 2.29. The third-order valence-electron chi connectivity index (χ3n) is 4.79. The molecular weight excluding hydrogens is 360 g/mol. The van der Waals surface area contributed by atoms with E-state index in [1.54, 1.807) is 0 Å². The quantitative estimate of drug-likeness (QED) is 0.758. The molecule has 0 bridgehead atoms. The molecule has 1 aliphatic carbocycles. The van der Waals surface area contributed by atoms with Crippen LogP contribution in [0.4, 0.5) is 0 Å². The molecule has 0 saturated heterocycles. The number of nitrogens with one attached hydrogen (secondary N) is 2. The Bertz CT molecular complexity index is 764. The lowest BCUT2D eigenvalue weighted by molar-refractivity contribution is -0.124. The zero-order valence-corrected chi connectivity index (χ0v) is 17.3. The molecule has 0 radical (unpaired) electrons. The molecule has 1 fully saturated rings. The van der Waals surface area contributed by atoms with Crippen molar-refractivity contribution < 1.29 is 9.53 Å². The Morgan fingerprint density at radius 2 is 1.81 bits per heavy atom. The van der Waals surface area contributed by atoms with Gasteiger partial charge in [0.05, 0.1) is 0 Å². The summed E-state index contributed by atoms with van der Waals surface area (Å²) in [5.41, 5.74) is 0.884. The summed E-state index contributed by atoms with van der Waals surface area (Å²) in [6, 6.07) is 13.0. The number of ether oxygens (including phenoxy) is 1. The van der Waals surface area contributed by atoms with Crippen molar-refractivity contribution in [1.29, 1.82) is 0 Å². The van der Waals surface area contributed by atoms with Crippen molar-refractivity contribution in [3.8, 4) is 5.75 Å². The van der Waals surface area contributed by atoms with E-state index in [0.717, 1.165) is 17.9 Å². The van der Waals surface area contributed by atoms with Gasteiger partial charge in [-0.15, -0.1) is 12.4 Å². The highest BCUT2D eigenvalue weighted by Gasteiger charge is 2.18. The van der Waals surface area contributed by atoms with Crippen molar-refractivity contribution in [3.63, 3.8) is 0 Å². The van der Waals surface area contributed by atoms with Crippen LogP contribution in [0.15, 0.2) is 36.4 Å². The van der Waals surface area contributed by atoms with E-state index >= 15 is 0 Å². The topological polar surface area (TPSA) is 50.4 Å². The molecule has 148 valence electrons. The number of fused-ring (bicyclic) bond motifs is 1. The third kappa shape index (κ3) is 6.12. The second-order valence-electron chi connectivity index (χ2n) is 8.21. The Hall–Kier alpha value is -1.78. The average Bonchev–Trinajstić information content (AvgIpc) is 3.10. The standard InChI is InChI=1S/C22H30N2O2.ClH/c1-22(2,3)24-21(25)15-26-20-13-12-16-8-4-7-11-18(16)19(20)14-23-17-9-5-6-10-17;/h4,7-8,11-13,17,23H,5-6,9-10,14-15H2,1-3H3,(H,24,25);1H. The molecule has 0 aromatic heterocycles. The fourth-order valence-electron chi connectivity index (χ4n) is 3.61. The Morgan fingerprint density at radius 1 is 1.11 bits per heavy atom. The first-order chi connectivity index (χ1) is 12.4. The minimum atomic E-state index is -0.253. The van der Waals surface area contributed by atoms with Gasteiger partial charge in [-0.05, 0) is 50.5 Å². The zero-order chi connectivity index (χ0) is 18.6. The summed E-state index contributed by atoms with van der Waals surface area (Å²) in [6.45, 7) is 6.71. The number of carbonyl (C=O) groups is 1. The van der Waals surface area contributed by atoms with Crippen LogP contribution in [0, 0.1) is 0 Å². The molecule has 5 heteroatoms. The predicted molar refractivity (Wildman–Crippen MR) is 114 cm³/mol. The summed E-state index contributed by atoms with van der Waals surface area (Å²) in [4.78, 5) is 12.1. The van der Waals surface area contributed by atoms with Crippen LogP contribution in [0.25, 0.3) is 10.8 Å². The molecule has 1 saturated carbocycles. The Morgan fingerprint density at radius 3 is 2.52 bits per heavy atom. The van der Waals surface area contributed by atoms with Crippen LogP contribution < -0.4 is 15.4 Å². The number of hydrogen-bond acceptors (Lipinski definition) is 3. The van der Waals surface area contributed by atoms with Crippen molar-refractivity contribution >= 4 is 29.1 Å². The molecule has 4 nitrogen and oxygen atoms in total. The van der Waals surface area contributed by atoms with Crippen LogP contribution >= 0.6 is 12.4 Å². The molecule has 0 atom stereocenters. The number of hydrogen-bond donors (Lipinski definition) is 2. The molecule has 0 unspecified atom stereocenters. The summed E-state index contributed by atoms with van der Waals surface area (Å²) in [5.74, 6) is 0.693. The lowest BCUT2D eigenvalue weighted by Gasteiger charge is -2.21. The summed E-state index contributed by atoms with van der Waals surface area (Å²) >= 11 is 0. The summed E-state index contributed by atoms with van der Waals surface area (Å²) in [7, 11) is 0. The first-order valence-electron chi connectivity index (χ1n) is 9.60. The lowest BCUT2D eigenvalue weighted by atomic mass is 10.0. The van der Waals surface area contributed by atoms with Gasteiger partial charge >= 0.3 is 0 Å². The van der Waals surface area contributed by atoms with Gasteiger partial charge in [0.15, 0.2) is 6.61 Å². The highest BCUT2D eigenvalue weighted by atomic mass is 35.5. The maximum absolute atomic E-state index is 12.1. The minimum absolute atomic E-state index is 0. The molecule has 27 heavy (non-hydrogen) atoms. The molecule has 1 amide bonds. The van der Waals surface area contributed by atoms with E-state index in [-0.39, 0.29) is 30.5 Å². The molecular formula is C22H31ClN2O2. The van der Waals surface area contributed by atoms with E-state index in [9.17, 15) is 4.79 Å². The largest absolute Gasteiger partial charge is 0.483 e. The summed E-state index contributed by atoms with van der Waals surface area (Å²) in [5, 5.41) is 9.00. The first-order valence-corrected chi connectivity index (χ1v) is 9.60. The number of halogens is 1. The van der Waals surface area contributed by atoms with E-state index in [4.69, 9.17) is 4.74 Å². The molecule has 2 N–H and O–H groups in total. The van der Waals surface area contributed by atoms with Gasteiger partial charge in [-0.2, -0.15) is 0 Å². The van der Waals surface area contributed by atoms with Gasteiger partial charge in [0.1, 0.15) is 5.75 Å². The molecule has 0 aliphatic heterocycles. The van der Waals surface area contributed by atoms with Gasteiger partial charge in [0.2, 0.25) is 0 Å². The van der Waals surface area contributed by atoms with Crippen LogP contribution in [0.3, 0.4) is 0 Å². The number of amides is 1. The zero-order valence-electron chi connectivity index (χ0n) is 16.5. The van der Waals surface area contributed by atoms with Crippen molar-refractivity contribution in [2.24, 2.45) is 0 Å². The van der Waals surface area contributed by atoms with Crippen LogP contribution in [-0.2, 0) is 11.3 Å². The van der Waals surface area contributed by atoms with Crippen LogP contribution in [-0.4, -0.2) is 24.1 Å². The Labute approximate surface area is 168 Å². The smallest absolute Gasteiger partial charge is 0.258 e. The third-order valence-corrected chi connectivity index (χ3v) is 4.79. The maximum atomic E-state index is 12.1. The fraction of sp³-hybridized carbons (Fsp3) is 0.500. The van der Waals surface area contributed by atoms with E-state index in [1.807, 2.05) is 32.9 Å². The second kappa shape index (κ2) is 9.43. The number of rotatable bonds is 6. The van der Waals surface area contributed by atoms with Gasteiger partial charge in [-0.3, -0.25) is 4.79 Å². The lowest BCUT2D eigenvalue weighted by Crippen LogP contribution is -2.43. The Balaban J connectivity index is 0.00000261. The number of benzene rings is 2. The fourth-order valence-corrected chi connectivity index (χ4v) is 3.61. The molecule has 2 aromatic rings. The van der Waals surface area contributed by atoms with Gasteiger partial charge in [-0.25, -0.2) is 0 Å². The van der Waals surface area contributed by atoms with Gasteiger partial charge in [0, 0.05) is 23.7 Å². The Kier molecular flexibility index (Phi) is 7.51. The molecule has 1 aliphatic rings. The summed E-state index contributed by atoms with van der Waals surface area (Å²) in [6.07, 6.45) is 5.11. The van der Waals surface area contributed by atoms with E-state index < -0.39 is 0 Å². The molecule has 3 rings (SSSR count). The monoisotopic (exact) mass is 390 g/mol. The average molecular weight is 391 g/mol. The predicted octanol–water partition coefficient (Wildman–Crippen LogP) is 4.59. The van der Waals surface area contributed by atoms with Crippen molar-refractivity contribution in [1.82, 2.24) is 10.6 Å². The van der Waals surface area contributed by atoms with Crippen molar-refractivity contribution in [2.75, 3.05) is 6.61 Å². The van der Waals surface area contributed by atoms with Crippen molar-refractivity contribution in [3.05, 3.63) is 42.0 Å². The van der Waals surface area contributed by atoms with Gasteiger partial charge < -0.3 is 15.4 Å². The summed E-state index contributed by atoms with van der Waals surface area (Å²) < 4.78 is 5.92. The molecule has 0 spiro atoms. The van der Waals surface area contributed by atoms with Gasteiger partial charge in [0.25, 0.3) is 5.91 Å². The van der Waals surface area contributed by atoms with Crippen LogP contribution in [0.1, 0.15) is 52.0 Å². The normalized spacial score (nSPS) is 14.8. The second-order valence-corrected chi connectivity index (χ2v) is 8.21. The molecule has 2 aromatic carbocycles.